The number of carboxylic acid groups (broad SMARTS) is 1. The summed E-state index contributed by atoms with van der Waals surface area (Å²) in [6.45, 7) is 5.46. The molecule has 0 aliphatic rings. The third-order valence-electron chi connectivity index (χ3n) is 2.33. The summed E-state index contributed by atoms with van der Waals surface area (Å²) in [5.41, 5.74) is 1.77. The molecule has 2 atom stereocenters. The Hall–Kier alpha value is -1.32. The molecule has 4 nitrogen and oxygen atoms in total. The molecular weight excluding hydrogens is 168 g/mol. The summed E-state index contributed by atoms with van der Waals surface area (Å²) in [5, 5.41) is 15.6. The topological polar surface area (TPSA) is 66.0 Å². The van der Waals surface area contributed by atoms with E-state index in [1.165, 1.54) is 0 Å². The summed E-state index contributed by atoms with van der Waals surface area (Å²) in [4.78, 5) is 10.7. The van der Waals surface area contributed by atoms with Crippen LogP contribution in [0.3, 0.4) is 0 Å². The first-order valence-electron chi connectivity index (χ1n) is 4.27. The SMILES string of the molecule is Cc1cc(C(C)C(C)C(=O)O)n[nH]1. The minimum atomic E-state index is -0.784. The van der Waals surface area contributed by atoms with Crippen LogP contribution in [0.5, 0.6) is 0 Å². The van der Waals surface area contributed by atoms with Crippen molar-refractivity contribution in [3.8, 4) is 0 Å². The zero-order valence-electron chi connectivity index (χ0n) is 8.03. The molecule has 0 saturated carbocycles. The number of aromatic amines is 1. The van der Waals surface area contributed by atoms with Crippen LogP contribution >= 0.6 is 0 Å². The fourth-order valence-corrected chi connectivity index (χ4v) is 1.14. The standard InChI is InChI=1S/C9H14N2O2/c1-5-4-8(11-10-5)6(2)7(3)9(12)13/h4,6-7H,1-3H3,(H,10,11)(H,12,13). The summed E-state index contributed by atoms with van der Waals surface area (Å²) >= 11 is 0. The molecule has 0 bridgehead atoms. The lowest BCUT2D eigenvalue weighted by atomic mass is 9.93. The van der Waals surface area contributed by atoms with Crippen molar-refractivity contribution in [3.63, 3.8) is 0 Å². The predicted octanol–water partition coefficient (Wildman–Crippen LogP) is 1.54. The first-order chi connectivity index (χ1) is 6.02. The first-order valence-corrected chi connectivity index (χ1v) is 4.27. The van der Waals surface area contributed by atoms with Crippen LogP contribution in [0.4, 0.5) is 0 Å². The third kappa shape index (κ3) is 2.08. The van der Waals surface area contributed by atoms with Gasteiger partial charge in [-0.1, -0.05) is 13.8 Å². The van der Waals surface area contributed by atoms with E-state index in [9.17, 15) is 4.79 Å². The average Bonchev–Trinajstić information content (AvgIpc) is 2.49. The number of rotatable bonds is 3. The van der Waals surface area contributed by atoms with Crippen LogP contribution in [0.25, 0.3) is 0 Å². The second kappa shape index (κ2) is 3.60. The van der Waals surface area contributed by atoms with E-state index >= 15 is 0 Å². The maximum absolute atomic E-state index is 10.7. The van der Waals surface area contributed by atoms with E-state index in [-0.39, 0.29) is 5.92 Å². The molecular formula is C9H14N2O2. The molecule has 72 valence electrons. The largest absolute Gasteiger partial charge is 0.481 e. The highest BCUT2D eigenvalue weighted by atomic mass is 16.4. The minimum absolute atomic E-state index is 0.0533. The van der Waals surface area contributed by atoms with Gasteiger partial charge < -0.3 is 5.11 Å². The van der Waals surface area contributed by atoms with Crippen molar-refractivity contribution in [2.24, 2.45) is 5.92 Å². The molecule has 0 aliphatic carbocycles. The Labute approximate surface area is 77.0 Å². The molecule has 0 spiro atoms. The lowest BCUT2D eigenvalue weighted by molar-refractivity contribution is -0.141. The Morgan fingerprint density at radius 1 is 1.62 bits per heavy atom. The number of nitrogens with zero attached hydrogens (tertiary/aromatic N) is 1. The van der Waals surface area contributed by atoms with Gasteiger partial charge in [0.15, 0.2) is 0 Å². The summed E-state index contributed by atoms with van der Waals surface area (Å²) in [7, 11) is 0. The van der Waals surface area contributed by atoms with Gasteiger partial charge in [0.25, 0.3) is 0 Å². The Kier molecular flexibility index (Phi) is 2.70. The van der Waals surface area contributed by atoms with Crippen LogP contribution in [0, 0.1) is 12.8 Å². The molecule has 0 aromatic carbocycles. The molecule has 1 aromatic heterocycles. The number of carbonyl (C=O) groups is 1. The molecule has 0 amide bonds. The second-order valence-electron chi connectivity index (χ2n) is 3.39. The zero-order valence-corrected chi connectivity index (χ0v) is 8.03. The Balaban J connectivity index is 2.78. The van der Waals surface area contributed by atoms with Crippen molar-refractivity contribution >= 4 is 5.97 Å². The van der Waals surface area contributed by atoms with E-state index in [0.29, 0.717) is 0 Å². The van der Waals surface area contributed by atoms with Crippen molar-refractivity contribution in [1.29, 1.82) is 0 Å². The minimum Gasteiger partial charge on any atom is -0.481 e. The van der Waals surface area contributed by atoms with Gasteiger partial charge >= 0.3 is 5.97 Å². The van der Waals surface area contributed by atoms with Crippen molar-refractivity contribution in [2.75, 3.05) is 0 Å². The van der Waals surface area contributed by atoms with Gasteiger partial charge in [-0.15, -0.1) is 0 Å². The lowest BCUT2D eigenvalue weighted by Crippen LogP contribution is -2.16. The van der Waals surface area contributed by atoms with Crippen molar-refractivity contribution in [3.05, 3.63) is 17.5 Å². The monoisotopic (exact) mass is 182 g/mol. The van der Waals surface area contributed by atoms with E-state index in [4.69, 9.17) is 5.11 Å². The highest BCUT2D eigenvalue weighted by Crippen LogP contribution is 2.22. The van der Waals surface area contributed by atoms with Crippen molar-refractivity contribution in [1.82, 2.24) is 10.2 Å². The van der Waals surface area contributed by atoms with Crippen LogP contribution in [-0.2, 0) is 4.79 Å². The van der Waals surface area contributed by atoms with Gasteiger partial charge in [-0.25, -0.2) is 0 Å². The fraction of sp³-hybridized carbons (Fsp3) is 0.556. The number of aliphatic carboxylic acids is 1. The van der Waals surface area contributed by atoms with Crippen LogP contribution < -0.4 is 0 Å². The molecule has 4 heteroatoms. The fourth-order valence-electron chi connectivity index (χ4n) is 1.14. The van der Waals surface area contributed by atoms with Crippen LogP contribution in [-0.4, -0.2) is 21.3 Å². The summed E-state index contributed by atoms with van der Waals surface area (Å²) in [6.07, 6.45) is 0. The molecule has 1 rings (SSSR count). The molecule has 0 radical (unpaired) electrons. The number of hydrogen-bond donors (Lipinski definition) is 2. The van der Waals surface area contributed by atoms with Crippen LogP contribution in [0.2, 0.25) is 0 Å². The highest BCUT2D eigenvalue weighted by Gasteiger charge is 2.22. The molecule has 0 aliphatic heterocycles. The van der Waals surface area contributed by atoms with Gasteiger partial charge in [-0.2, -0.15) is 5.10 Å². The number of nitrogens with one attached hydrogen (secondary N) is 1. The molecule has 2 N–H and O–H groups in total. The Morgan fingerprint density at radius 2 is 2.23 bits per heavy atom. The predicted molar refractivity (Wildman–Crippen MR) is 48.5 cm³/mol. The third-order valence-corrected chi connectivity index (χ3v) is 2.33. The number of aryl methyl sites for hydroxylation is 1. The number of carboxylic acids is 1. The van der Waals surface area contributed by atoms with Gasteiger partial charge in [-0.05, 0) is 13.0 Å². The first kappa shape index (κ1) is 9.77. The molecule has 1 heterocycles. The Morgan fingerprint density at radius 3 is 2.62 bits per heavy atom. The van der Waals surface area contributed by atoms with E-state index in [1.54, 1.807) is 6.92 Å². The van der Waals surface area contributed by atoms with Crippen molar-refractivity contribution < 1.29 is 9.90 Å². The van der Waals surface area contributed by atoms with E-state index in [1.807, 2.05) is 19.9 Å². The molecule has 0 saturated heterocycles. The molecule has 0 fully saturated rings. The van der Waals surface area contributed by atoms with E-state index in [0.717, 1.165) is 11.4 Å². The number of H-pyrrole nitrogens is 1. The lowest BCUT2D eigenvalue weighted by Gasteiger charge is -2.12. The van der Waals surface area contributed by atoms with Gasteiger partial charge in [-0.3, -0.25) is 9.89 Å². The van der Waals surface area contributed by atoms with Gasteiger partial charge in [0.2, 0.25) is 0 Å². The molecule has 2 unspecified atom stereocenters. The maximum atomic E-state index is 10.7. The van der Waals surface area contributed by atoms with E-state index < -0.39 is 11.9 Å². The molecule has 1 aromatic rings. The number of aromatic nitrogens is 2. The smallest absolute Gasteiger partial charge is 0.306 e. The van der Waals surface area contributed by atoms with Crippen molar-refractivity contribution in [2.45, 2.75) is 26.7 Å². The summed E-state index contributed by atoms with van der Waals surface area (Å²) in [5.74, 6) is -1.24. The average molecular weight is 182 g/mol. The van der Waals surface area contributed by atoms with Crippen LogP contribution in [0.15, 0.2) is 6.07 Å². The quantitative estimate of drug-likeness (QED) is 0.745. The van der Waals surface area contributed by atoms with Gasteiger partial charge in [0, 0.05) is 11.6 Å². The van der Waals surface area contributed by atoms with Crippen LogP contribution in [0.1, 0.15) is 31.2 Å². The van der Waals surface area contributed by atoms with Gasteiger partial charge in [0.1, 0.15) is 0 Å². The van der Waals surface area contributed by atoms with Gasteiger partial charge in [0.05, 0.1) is 11.6 Å². The maximum Gasteiger partial charge on any atom is 0.306 e. The van der Waals surface area contributed by atoms with E-state index in [2.05, 4.69) is 10.2 Å². The normalized spacial score (nSPS) is 15.3. The Bertz CT molecular complexity index is 306. The molecule has 13 heavy (non-hydrogen) atoms. The summed E-state index contributed by atoms with van der Waals surface area (Å²) < 4.78 is 0. The highest BCUT2D eigenvalue weighted by molar-refractivity contribution is 5.70. The second-order valence-corrected chi connectivity index (χ2v) is 3.39. The number of hydrogen-bond acceptors (Lipinski definition) is 2. The zero-order chi connectivity index (χ0) is 10.0. The summed E-state index contributed by atoms with van der Waals surface area (Å²) in [6, 6.07) is 1.88.